The molecule has 0 spiro atoms. The van der Waals surface area contributed by atoms with Gasteiger partial charge in [-0.25, -0.2) is 0 Å². The lowest BCUT2D eigenvalue weighted by molar-refractivity contribution is -0.167. The van der Waals surface area contributed by atoms with Gasteiger partial charge in [-0.05, 0) is 83.5 Å². The van der Waals surface area contributed by atoms with Crippen LogP contribution < -0.4 is 0 Å². The van der Waals surface area contributed by atoms with Crippen molar-refractivity contribution in [3.63, 3.8) is 0 Å². The van der Waals surface area contributed by atoms with Gasteiger partial charge in [0.2, 0.25) is 0 Å². The number of carbonyl (C=O) groups excluding carboxylic acids is 3. The molecule has 0 N–H and O–H groups in total. The predicted molar refractivity (Wildman–Crippen MR) is 270 cm³/mol. The Balaban J connectivity index is 4.33. The molecule has 0 heterocycles. The number of hydrogen-bond donors (Lipinski definition) is 0. The van der Waals surface area contributed by atoms with Crippen molar-refractivity contribution in [2.45, 2.75) is 284 Å². The van der Waals surface area contributed by atoms with Crippen LogP contribution in [0, 0.1) is 0 Å². The van der Waals surface area contributed by atoms with Gasteiger partial charge in [0.25, 0.3) is 0 Å². The van der Waals surface area contributed by atoms with Gasteiger partial charge in [0.15, 0.2) is 6.10 Å². The van der Waals surface area contributed by atoms with E-state index in [1.807, 2.05) is 0 Å². The van der Waals surface area contributed by atoms with E-state index in [1.54, 1.807) is 0 Å². The van der Waals surface area contributed by atoms with Gasteiger partial charge in [-0.15, -0.1) is 0 Å². The van der Waals surface area contributed by atoms with Crippen LogP contribution in [0.1, 0.15) is 278 Å². The van der Waals surface area contributed by atoms with Gasteiger partial charge in [-0.1, -0.05) is 223 Å². The molecule has 0 aliphatic rings. The van der Waals surface area contributed by atoms with Crippen molar-refractivity contribution in [2.24, 2.45) is 0 Å². The van der Waals surface area contributed by atoms with Crippen LogP contribution in [0.4, 0.5) is 0 Å². The molecule has 0 saturated carbocycles. The molecule has 0 aromatic carbocycles. The smallest absolute Gasteiger partial charge is 0.306 e. The van der Waals surface area contributed by atoms with Crippen molar-refractivity contribution in [1.29, 1.82) is 0 Å². The molecule has 63 heavy (non-hydrogen) atoms. The van der Waals surface area contributed by atoms with Gasteiger partial charge < -0.3 is 14.2 Å². The molecule has 0 rings (SSSR count). The molecule has 0 radical (unpaired) electrons. The van der Waals surface area contributed by atoms with Crippen molar-refractivity contribution < 1.29 is 28.6 Å². The fourth-order valence-electron chi connectivity index (χ4n) is 7.68. The molecule has 0 aliphatic heterocycles. The van der Waals surface area contributed by atoms with E-state index in [0.717, 1.165) is 89.9 Å². The van der Waals surface area contributed by atoms with Gasteiger partial charge in [0, 0.05) is 19.3 Å². The molecule has 0 aromatic rings. The fraction of sp³-hybridized carbons (Fsp3) is 0.807. The zero-order chi connectivity index (χ0) is 45.8. The SMILES string of the molecule is CCCCC/C=C\C/C=C\CCCCCCCCCCCC(=O)OCC(COC(=O)CCCCCCCCCCCC)OC(=O)CCCCCCC/C=C\C/C=C\CCCCCC. The van der Waals surface area contributed by atoms with Crippen LogP contribution in [0.25, 0.3) is 0 Å². The van der Waals surface area contributed by atoms with Gasteiger partial charge >= 0.3 is 17.9 Å². The lowest BCUT2D eigenvalue weighted by Gasteiger charge is -2.18. The summed E-state index contributed by atoms with van der Waals surface area (Å²) in [5, 5.41) is 0. The Morgan fingerprint density at radius 1 is 0.317 bits per heavy atom. The van der Waals surface area contributed by atoms with Gasteiger partial charge in [-0.2, -0.15) is 0 Å². The zero-order valence-electron chi connectivity index (χ0n) is 41.8. The summed E-state index contributed by atoms with van der Waals surface area (Å²) in [5.74, 6) is -0.888. The van der Waals surface area contributed by atoms with E-state index in [4.69, 9.17) is 14.2 Å². The van der Waals surface area contributed by atoms with E-state index in [1.165, 1.54) is 148 Å². The first-order chi connectivity index (χ1) is 31.0. The molecule has 0 saturated heterocycles. The van der Waals surface area contributed by atoms with Gasteiger partial charge in [-0.3, -0.25) is 14.4 Å². The molecular weight excluding hydrogens is 781 g/mol. The lowest BCUT2D eigenvalue weighted by atomic mass is 10.1. The maximum Gasteiger partial charge on any atom is 0.306 e. The molecule has 0 aliphatic carbocycles. The minimum absolute atomic E-state index is 0.0779. The Morgan fingerprint density at radius 3 is 0.921 bits per heavy atom. The summed E-state index contributed by atoms with van der Waals surface area (Å²) < 4.78 is 16.8. The Bertz CT molecular complexity index is 1110. The van der Waals surface area contributed by atoms with E-state index in [9.17, 15) is 14.4 Å². The third kappa shape index (κ3) is 50.2. The maximum atomic E-state index is 12.8. The number of allylic oxidation sites excluding steroid dienone is 8. The van der Waals surface area contributed by atoms with Crippen molar-refractivity contribution in [3.05, 3.63) is 48.6 Å². The number of rotatable bonds is 49. The van der Waals surface area contributed by atoms with Crippen molar-refractivity contribution in [1.82, 2.24) is 0 Å². The van der Waals surface area contributed by atoms with Crippen LogP contribution in [0.15, 0.2) is 48.6 Å². The van der Waals surface area contributed by atoms with Crippen LogP contribution in [0.2, 0.25) is 0 Å². The van der Waals surface area contributed by atoms with Crippen LogP contribution in [-0.2, 0) is 28.6 Å². The van der Waals surface area contributed by atoms with Gasteiger partial charge in [0.1, 0.15) is 13.2 Å². The lowest BCUT2D eigenvalue weighted by Crippen LogP contribution is -2.30. The van der Waals surface area contributed by atoms with Crippen LogP contribution in [-0.4, -0.2) is 37.2 Å². The summed E-state index contributed by atoms with van der Waals surface area (Å²) in [5.41, 5.74) is 0. The zero-order valence-corrected chi connectivity index (χ0v) is 41.8. The Labute approximate surface area is 390 Å². The number of unbranched alkanes of at least 4 members (excludes halogenated alkanes) is 30. The molecule has 366 valence electrons. The average Bonchev–Trinajstić information content (AvgIpc) is 3.28. The molecule has 0 aromatic heterocycles. The fourth-order valence-corrected chi connectivity index (χ4v) is 7.68. The third-order valence-electron chi connectivity index (χ3n) is 11.8. The predicted octanol–water partition coefficient (Wildman–Crippen LogP) is 17.9. The molecule has 1 unspecified atom stereocenters. The van der Waals surface area contributed by atoms with E-state index in [2.05, 4.69) is 69.4 Å². The second-order valence-corrected chi connectivity index (χ2v) is 18.1. The topological polar surface area (TPSA) is 78.9 Å². The van der Waals surface area contributed by atoms with Crippen molar-refractivity contribution in [2.75, 3.05) is 13.2 Å². The summed E-state index contributed by atoms with van der Waals surface area (Å²) in [6, 6.07) is 0. The quantitative estimate of drug-likeness (QED) is 0.0262. The summed E-state index contributed by atoms with van der Waals surface area (Å²) >= 11 is 0. The summed E-state index contributed by atoms with van der Waals surface area (Å²) in [6.07, 6.45) is 62.4. The first-order valence-corrected chi connectivity index (χ1v) is 27.1. The minimum atomic E-state index is -0.779. The Kier molecular flexibility index (Phi) is 49.8. The van der Waals surface area contributed by atoms with Crippen LogP contribution >= 0.6 is 0 Å². The first kappa shape index (κ1) is 60.4. The van der Waals surface area contributed by atoms with E-state index >= 15 is 0 Å². The minimum Gasteiger partial charge on any atom is -0.462 e. The summed E-state index contributed by atoms with van der Waals surface area (Å²) in [6.45, 7) is 6.59. The number of ether oxygens (including phenoxy) is 3. The van der Waals surface area contributed by atoms with Gasteiger partial charge in [0.05, 0.1) is 0 Å². The van der Waals surface area contributed by atoms with E-state index in [-0.39, 0.29) is 31.1 Å². The summed E-state index contributed by atoms with van der Waals surface area (Å²) in [4.78, 5) is 38.0. The van der Waals surface area contributed by atoms with E-state index in [0.29, 0.717) is 19.3 Å². The number of esters is 3. The second kappa shape index (κ2) is 52.0. The maximum absolute atomic E-state index is 12.8. The molecule has 6 nitrogen and oxygen atoms in total. The van der Waals surface area contributed by atoms with Crippen LogP contribution in [0.3, 0.4) is 0 Å². The third-order valence-corrected chi connectivity index (χ3v) is 11.8. The molecule has 0 fully saturated rings. The molecule has 6 heteroatoms. The number of carbonyl (C=O) groups is 3. The highest BCUT2D eigenvalue weighted by molar-refractivity contribution is 5.71. The monoisotopic (exact) mass is 883 g/mol. The largest absolute Gasteiger partial charge is 0.462 e. The highest BCUT2D eigenvalue weighted by atomic mass is 16.6. The molecule has 1 atom stereocenters. The Hall–Kier alpha value is -2.63. The van der Waals surface area contributed by atoms with Crippen molar-refractivity contribution >= 4 is 17.9 Å². The number of hydrogen-bond acceptors (Lipinski definition) is 6. The molecular formula is C57H102O6. The molecule has 0 bridgehead atoms. The van der Waals surface area contributed by atoms with Crippen LogP contribution in [0.5, 0.6) is 0 Å². The normalized spacial score (nSPS) is 12.4. The highest BCUT2D eigenvalue weighted by Crippen LogP contribution is 2.15. The highest BCUT2D eigenvalue weighted by Gasteiger charge is 2.19. The molecule has 0 amide bonds. The second-order valence-electron chi connectivity index (χ2n) is 18.1. The summed E-state index contributed by atoms with van der Waals surface area (Å²) in [7, 11) is 0. The Morgan fingerprint density at radius 2 is 0.571 bits per heavy atom. The average molecular weight is 883 g/mol. The first-order valence-electron chi connectivity index (χ1n) is 27.1. The van der Waals surface area contributed by atoms with E-state index < -0.39 is 6.10 Å². The van der Waals surface area contributed by atoms with Crippen molar-refractivity contribution in [3.8, 4) is 0 Å². The standard InChI is InChI=1S/C57H102O6/c1-4-7-10-13-16-19-22-24-26-28-29-30-32-33-35-38-41-44-47-50-56(59)62-53-54(52-61-55(58)49-46-43-40-37-21-18-15-12-9-6-3)63-57(60)51-48-45-42-39-36-34-31-27-25-23-20-17-14-11-8-5-2/h16,19-20,23-24,26-27,31,54H,4-15,17-18,21-22,25,28-30,32-53H2,1-3H3/b19-16-,23-20-,26-24-,31-27-.